The Labute approximate surface area is 199 Å². The van der Waals surface area contributed by atoms with E-state index in [2.05, 4.69) is 10.0 Å². The maximum absolute atomic E-state index is 14.0. The number of aryl methyl sites for hydroxylation is 2. The molecule has 3 aromatic rings. The number of benzene rings is 3. The van der Waals surface area contributed by atoms with Crippen LogP contribution in [-0.2, 0) is 25.0 Å². The minimum absolute atomic E-state index is 0.0681. The molecule has 0 bridgehead atoms. The lowest BCUT2D eigenvalue weighted by molar-refractivity contribution is -0.125. The second-order valence-electron chi connectivity index (χ2n) is 8.61. The average molecular weight is 483 g/mol. The molecule has 0 atom stereocenters. The Morgan fingerprint density at radius 2 is 1.68 bits per heavy atom. The minimum atomic E-state index is -3.89. The van der Waals surface area contributed by atoms with Crippen molar-refractivity contribution in [2.75, 3.05) is 23.3 Å². The molecule has 34 heavy (non-hydrogen) atoms. The molecule has 0 radical (unpaired) electrons. The van der Waals surface area contributed by atoms with Gasteiger partial charge >= 0.3 is 0 Å². The summed E-state index contributed by atoms with van der Waals surface area (Å²) < 4.78 is 48.3. The molecule has 1 fully saturated rings. The number of amides is 1. The summed E-state index contributed by atoms with van der Waals surface area (Å²) in [6.45, 7) is 4.32. The second-order valence-corrected chi connectivity index (χ2v) is 10.3. The first-order chi connectivity index (χ1) is 16.2. The third kappa shape index (κ3) is 4.98. The van der Waals surface area contributed by atoms with Crippen molar-refractivity contribution in [1.29, 1.82) is 0 Å². The predicted octanol–water partition coefficient (Wildman–Crippen LogP) is 4.93. The number of carbonyl (C=O) groups is 1. The normalized spacial score (nSPS) is 15.5. The van der Waals surface area contributed by atoms with Crippen molar-refractivity contribution >= 4 is 27.3 Å². The van der Waals surface area contributed by atoms with E-state index < -0.39 is 21.3 Å². The number of halogens is 1. The van der Waals surface area contributed by atoms with E-state index in [0.717, 1.165) is 5.56 Å². The summed E-state index contributed by atoms with van der Waals surface area (Å²) >= 11 is 0. The van der Waals surface area contributed by atoms with E-state index in [1.165, 1.54) is 18.2 Å². The molecule has 1 aliphatic rings. The molecule has 1 saturated heterocycles. The van der Waals surface area contributed by atoms with Gasteiger partial charge in [-0.15, -0.1) is 0 Å². The smallest absolute Gasteiger partial charge is 0.262 e. The molecular weight excluding hydrogens is 455 g/mol. The lowest BCUT2D eigenvalue weighted by Crippen LogP contribution is -2.45. The number of anilines is 2. The topological polar surface area (TPSA) is 84.5 Å². The van der Waals surface area contributed by atoms with Crippen LogP contribution in [0.3, 0.4) is 0 Å². The van der Waals surface area contributed by atoms with E-state index in [1.807, 2.05) is 13.0 Å². The molecule has 0 saturated carbocycles. The van der Waals surface area contributed by atoms with Crippen LogP contribution in [0.4, 0.5) is 15.8 Å². The zero-order valence-electron chi connectivity index (χ0n) is 19.1. The van der Waals surface area contributed by atoms with Crippen LogP contribution in [0.2, 0.25) is 0 Å². The third-order valence-electron chi connectivity index (χ3n) is 6.16. The van der Waals surface area contributed by atoms with Gasteiger partial charge in [0.15, 0.2) is 0 Å². The van der Waals surface area contributed by atoms with Crippen LogP contribution in [0.25, 0.3) is 0 Å². The Kier molecular flexibility index (Phi) is 6.72. The summed E-state index contributed by atoms with van der Waals surface area (Å²) in [5.74, 6) is -0.734. The zero-order valence-corrected chi connectivity index (χ0v) is 19.9. The van der Waals surface area contributed by atoms with Gasteiger partial charge in [0.25, 0.3) is 10.0 Å². The van der Waals surface area contributed by atoms with Gasteiger partial charge in [0.2, 0.25) is 5.91 Å². The summed E-state index contributed by atoms with van der Waals surface area (Å²) in [6.07, 6.45) is 0.794. The molecule has 1 amide bonds. The molecule has 8 heteroatoms. The SMILES string of the molecule is Cc1cccc(NS(=O)(=O)c2cc(NC(=O)C3(c4cccc(F)c4)CCOCC3)ccc2C)c1. The first-order valence-electron chi connectivity index (χ1n) is 11.0. The number of hydrogen-bond acceptors (Lipinski definition) is 4. The predicted molar refractivity (Wildman–Crippen MR) is 130 cm³/mol. The maximum atomic E-state index is 14.0. The molecule has 6 nitrogen and oxygen atoms in total. The monoisotopic (exact) mass is 482 g/mol. The van der Waals surface area contributed by atoms with Gasteiger partial charge in [-0.3, -0.25) is 9.52 Å². The van der Waals surface area contributed by atoms with E-state index in [1.54, 1.807) is 49.4 Å². The van der Waals surface area contributed by atoms with Crippen LogP contribution in [0.1, 0.15) is 29.5 Å². The van der Waals surface area contributed by atoms with E-state index in [4.69, 9.17) is 4.74 Å². The highest BCUT2D eigenvalue weighted by Gasteiger charge is 2.42. The summed E-state index contributed by atoms with van der Waals surface area (Å²) in [5, 5.41) is 2.87. The lowest BCUT2D eigenvalue weighted by Gasteiger charge is -2.36. The molecule has 4 rings (SSSR count). The van der Waals surface area contributed by atoms with Crippen LogP contribution >= 0.6 is 0 Å². The van der Waals surface area contributed by atoms with Crippen LogP contribution in [0.5, 0.6) is 0 Å². The molecule has 0 aliphatic carbocycles. The Bertz CT molecular complexity index is 1320. The zero-order chi connectivity index (χ0) is 24.3. The molecule has 0 spiro atoms. The molecule has 178 valence electrons. The summed E-state index contributed by atoms with van der Waals surface area (Å²) in [7, 11) is -3.89. The average Bonchev–Trinajstić information content (AvgIpc) is 2.80. The van der Waals surface area contributed by atoms with Crippen molar-refractivity contribution in [3.8, 4) is 0 Å². The van der Waals surface area contributed by atoms with Gasteiger partial charge in [-0.05, 0) is 79.8 Å². The summed E-state index contributed by atoms with van der Waals surface area (Å²) in [5.41, 5.74) is 1.89. The van der Waals surface area contributed by atoms with E-state index in [9.17, 15) is 17.6 Å². The van der Waals surface area contributed by atoms with Gasteiger partial charge < -0.3 is 10.1 Å². The second kappa shape index (κ2) is 9.56. The van der Waals surface area contributed by atoms with E-state index >= 15 is 0 Å². The van der Waals surface area contributed by atoms with Crippen LogP contribution in [0.15, 0.2) is 71.6 Å². The van der Waals surface area contributed by atoms with Crippen molar-refractivity contribution in [1.82, 2.24) is 0 Å². The van der Waals surface area contributed by atoms with Gasteiger partial charge in [-0.1, -0.05) is 30.3 Å². The van der Waals surface area contributed by atoms with Crippen molar-refractivity contribution in [3.63, 3.8) is 0 Å². The number of nitrogens with one attached hydrogen (secondary N) is 2. The number of hydrogen-bond donors (Lipinski definition) is 2. The molecular formula is C26H27FN2O4S. The van der Waals surface area contributed by atoms with E-state index in [-0.39, 0.29) is 10.8 Å². The number of rotatable bonds is 6. The first kappa shape index (κ1) is 23.9. The molecule has 1 heterocycles. The maximum Gasteiger partial charge on any atom is 0.262 e. The van der Waals surface area contributed by atoms with Gasteiger partial charge in [-0.25, -0.2) is 12.8 Å². The van der Waals surface area contributed by atoms with Gasteiger partial charge in [0.05, 0.1) is 10.3 Å². The Hall–Kier alpha value is -3.23. The third-order valence-corrected chi connectivity index (χ3v) is 7.69. The van der Waals surface area contributed by atoms with Crippen molar-refractivity contribution < 1.29 is 22.3 Å². The Morgan fingerprint density at radius 3 is 2.38 bits per heavy atom. The minimum Gasteiger partial charge on any atom is -0.381 e. The lowest BCUT2D eigenvalue weighted by atomic mass is 9.73. The molecule has 0 aromatic heterocycles. The van der Waals surface area contributed by atoms with Crippen LogP contribution < -0.4 is 10.0 Å². The fourth-order valence-electron chi connectivity index (χ4n) is 4.29. The summed E-state index contributed by atoms with van der Waals surface area (Å²) in [6, 6.07) is 17.9. The summed E-state index contributed by atoms with van der Waals surface area (Å²) in [4.78, 5) is 13.6. The first-order valence-corrected chi connectivity index (χ1v) is 12.5. The number of carbonyl (C=O) groups excluding carboxylic acids is 1. The largest absolute Gasteiger partial charge is 0.381 e. The number of ether oxygens (including phenoxy) is 1. The standard InChI is InChI=1S/C26H27FN2O4S/c1-18-5-3-8-23(15-18)29-34(31,32)24-17-22(10-9-19(24)2)28-25(30)26(11-13-33-14-12-26)20-6-4-7-21(27)16-20/h3-10,15-17,29H,11-14H2,1-2H3,(H,28,30). The van der Waals surface area contributed by atoms with Crippen molar-refractivity contribution in [2.45, 2.75) is 37.0 Å². The molecule has 2 N–H and O–H groups in total. The fourth-order valence-corrected chi connectivity index (χ4v) is 5.61. The van der Waals surface area contributed by atoms with Crippen LogP contribution in [-0.4, -0.2) is 27.5 Å². The quantitative estimate of drug-likeness (QED) is 0.522. The highest BCUT2D eigenvalue weighted by molar-refractivity contribution is 7.92. The molecule has 0 unspecified atom stereocenters. The Balaban J connectivity index is 1.64. The van der Waals surface area contributed by atoms with Gasteiger partial charge in [-0.2, -0.15) is 0 Å². The highest BCUT2D eigenvalue weighted by Crippen LogP contribution is 2.37. The van der Waals surface area contributed by atoms with Gasteiger partial charge in [0, 0.05) is 24.6 Å². The van der Waals surface area contributed by atoms with Gasteiger partial charge in [0.1, 0.15) is 5.82 Å². The Morgan fingerprint density at radius 1 is 0.941 bits per heavy atom. The number of sulfonamides is 1. The fraction of sp³-hybridized carbons (Fsp3) is 0.269. The van der Waals surface area contributed by atoms with E-state index in [0.29, 0.717) is 48.6 Å². The van der Waals surface area contributed by atoms with Crippen LogP contribution in [0, 0.1) is 19.7 Å². The van der Waals surface area contributed by atoms with Crippen molar-refractivity contribution in [3.05, 3.63) is 89.2 Å². The molecule has 3 aromatic carbocycles. The molecule has 1 aliphatic heterocycles. The highest BCUT2D eigenvalue weighted by atomic mass is 32.2. The van der Waals surface area contributed by atoms with Crippen molar-refractivity contribution in [2.24, 2.45) is 0 Å².